The topological polar surface area (TPSA) is 155 Å². The van der Waals surface area contributed by atoms with Gasteiger partial charge in [0.25, 0.3) is 0 Å². The third-order valence-corrected chi connectivity index (χ3v) is 6.25. The summed E-state index contributed by atoms with van der Waals surface area (Å²) in [4.78, 5) is 24.0. The number of thioether (sulfide) groups is 1. The number of aliphatic hydroxyl groups excluding tert-OH is 3. The maximum absolute atomic E-state index is 10.6. The van der Waals surface area contributed by atoms with Crippen molar-refractivity contribution in [2.24, 2.45) is 0 Å². The number of amides is 1. The summed E-state index contributed by atoms with van der Waals surface area (Å²) in [6, 6.07) is 8.05. The molecule has 0 radical (unpaired) electrons. The van der Waals surface area contributed by atoms with E-state index in [0.717, 1.165) is 9.13 Å². The Morgan fingerprint density at radius 3 is 2.88 bits per heavy atom. The van der Waals surface area contributed by atoms with Crippen molar-refractivity contribution in [2.75, 3.05) is 11.6 Å². The molecule has 1 aromatic carbocycles. The number of benzene rings is 1. The van der Waals surface area contributed by atoms with Crippen molar-refractivity contribution in [2.45, 2.75) is 42.5 Å². The molecule has 0 saturated carbocycles. The van der Waals surface area contributed by atoms with Crippen LogP contribution < -0.4 is 10.6 Å². The van der Waals surface area contributed by atoms with E-state index in [0.29, 0.717) is 28.7 Å². The van der Waals surface area contributed by atoms with Crippen molar-refractivity contribution < 1.29 is 24.9 Å². The number of anilines is 1. The molecule has 1 saturated heterocycles. The van der Waals surface area contributed by atoms with E-state index < -0.39 is 30.8 Å². The third-order valence-electron chi connectivity index (χ3n) is 5.03. The summed E-state index contributed by atoms with van der Waals surface area (Å²) in [6.45, 7) is 0.524. The minimum atomic E-state index is -1.49. The van der Waals surface area contributed by atoms with Crippen LogP contribution in [-0.4, -0.2) is 72.0 Å². The van der Waals surface area contributed by atoms with E-state index >= 15 is 0 Å². The molecule has 5 N–H and O–H groups in total. The number of hydrogen-bond donors (Lipinski definition) is 5. The maximum Gasteiger partial charge on any atom is 0.209 e. The van der Waals surface area contributed by atoms with E-state index in [-0.39, 0.29) is 6.41 Å². The Hall–Kier alpha value is -2.04. The molecule has 1 aliphatic heterocycles. The first-order chi connectivity index (χ1) is 15.4. The Bertz CT molecular complexity index is 1120. The number of fused-ring (bicyclic) bond motifs is 1. The first kappa shape index (κ1) is 23.1. The molecule has 170 valence electrons. The van der Waals surface area contributed by atoms with Gasteiger partial charge in [-0.25, -0.2) is 15.0 Å². The van der Waals surface area contributed by atoms with Gasteiger partial charge in [0.1, 0.15) is 18.3 Å². The van der Waals surface area contributed by atoms with Crippen molar-refractivity contribution in [3.8, 4) is 0 Å². The van der Waals surface area contributed by atoms with Gasteiger partial charge in [0.2, 0.25) is 6.41 Å². The van der Waals surface area contributed by atoms with Crippen LogP contribution in [0.3, 0.4) is 0 Å². The number of aromatic nitrogens is 4. The van der Waals surface area contributed by atoms with Crippen molar-refractivity contribution in [3.05, 3.63) is 39.7 Å². The maximum atomic E-state index is 10.6. The predicted molar refractivity (Wildman–Crippen MR) is 125 cm³/mol. The van der Waals surface area contributed by atoms with E-state index in [2.05, 4.69) is 54.2 Å². The molecule has 13 heteroatoms. The lowest BCUT2D eigenvalue weighted by molar-refractivity contribution is -0.122. The second-order valence-corrected chi connectivity index (χ2v) is 9.09. The zero-order valence-corrected chi connectivity index (χ0v) is 19.8. The number of nitrogens with zero attached hydrogens (tertiary/aromatic N) is 4. The third kappa shape index (κ3) is 4.53. The molecule has 4 rings (SSSR count). The number of rotatable bonds is 8. The zero-order chi connectivity index (χ0) is 22.8. The van der Waals surface area contributed by atoms with Crippen LogP contribution in [0.1, 0.15) is 11.8 Å². The highest BCUT2D eigenvalue weighted by atomic mass is 127. The van der Waals surface area contributed by atoms with Crippen molar-refractivity contribution in [3.63, 3.8) is 0 Å². The second-order valence-electron chi connectivity index (χ2n) is 7.07. The lowest BCUT2D eigenvalue weighted by atomic mass is 10.1. The monoisotopic (exact) mass is 572 g/mol. The highest BCUT2D eigenvalue weighted by Gasteiger charge is 2.47. The van der Waals surface area contributed by atoms with Crippen LogP contribution in [0.4, 0.5) is 5.82 Å². The van der Waals surface area contributed by atoms with Gasteiger partial charge in [-0.15, -0.1) is 0 Å². The number of halogens is 1. The predicted octanol–water partition coefficient (Wildman–Crippen LogP) is 0.448. The number of imidazole rings is 1. The molecule has 0 spiro atoms. The van der Waals surface area contributed by atoms with Crippen LogP contribution in [-0.2, 0) is 16.1 Å². The summed E-state index contributed by atoms with van der Waals surface area (Å²) < 4.78 is 8.27. The Morgan fingerprint density at radius 1 is 1.34 bits per heavy atom. The highest BCUT2D eigenvalue weighted by molar-refractivity contribution is 14.1. The number of aliphatic hydroxyl groups is 3. The lowest BCUT2D eigenvalue weighted by Gasteiger charge is -2.20. The summed E-state index contributed by atoms with van der Waals surface area (Å²) in [6.07, 6.45) is -3.03. The molecule has 1 amide bonds. The Labute approximate surface area is 200 Å². The minimum Gasteiger partial charge on any atom is -0.387 e. The number of hydrogen-bond acceptors (Lipinski definition) is 10. The van der Waals surface area contributed by atoms with Gasteiger partial charge in [-0.1, -0.05) is 23.9 Å². The van der Waals surface area contributed by atoms with Crippen LogP contribution >= 0.6 is 34.4 Å². The number of carbonyl (C=O) groups excluding carboxylic acids is 1. The standard InChI is InChI=1S/C19H21IN6O5S/c1-32-19-24-15(21-6-9-3-2-4-10(20)5-9)11-16(25-19)26(7-22-11)18-13(29)12(28)14(31-18)17(30)23-8-27/h2-5,7-8,12-14,17-18,28-30H,6H2,1H3,(H,23,27)(H,21,24,25)/t12-,13+,14-,17?,18-/m0/s1. The van der Waals surface area contributed by atoms with E-state index in [1.54, 1.807) is 0 Å². The first-order valence-corrected chi connectivity index (χ1v) is 11.9. The van der Waals surface area contributed by atoms with Crippen LogP contribution in [0.25, 0.3) is 11.2 Å². The van der Waals surface area contributed by atoms with Gasteiger partial charge in [-0.3, -0.25) is 9.36 Å². The molecule has 11 nitrogen and oxygen atoms in total. The normalized spacial score (nSPS) is 23.9. The second kappa shape index (κ2) is 9.84. The van der Waals surface area contributed by atoms with Gasteiger partial charge in [-0.05, 0) is 46.5 Å². The fourth-order valence-corrected chi connectivity index (χ4v) is 4.44. The van der Waals surface area contributed by atoms with Gasteiger partial charge in [0.15, 0.2) is 34.6 Å². The molecule has 5 atom stereocenters. The molecule has 0 bridgehead atoms. The van der Waals surface area contributed by atoms with E-state index in [1.807, 2.05) is 24.5 Å². The Balaban J connectivity index is 1.65. The number of nitrogens with one attached hydrogen (secondary N) is 2. The molecular formula is C19H21IN6O5S. The molecule has 3 aromatic rings. The molecule has 1 unspecified atom stereocenters. The average molecular weight is 572 g/mol. The Morgan fingerprint density at radius 2 is 2.16 bits per heavy atom. The molecular weight excluding hydrogens is 551 g/mol. The molecule has 1 fully saturated rings. The summed E-state index contributed by atoms with van der Waals surface area (Å²) in [5.41, 5.74) is 1.93. The minimum absolute atomic E-state index is 0.288. The van der Waals surface area contributed by atoms with E-state index in [9.17, 15) is 20.1 Å². The summed E-state index contributed by atoms with van der Waals surface area (Å²) in [5, 5.41) is 36.7. The van der Waals surface area contributed by atoms with Gasteiger partial charge < -0.3 is 30.7 Å². The van der Waals surface area contributed by atoms with E-state index in [1.165, 1.54) is 22.7 Å². The average Bonchev–Trinajstić information content (AvgIpc) is 3.33. The lowest BCUT2D eigenvalue weighted by Crippen LogP contribution is -2.46. The quantitative estimate of drug-likeness (QED) is 0.0845. The zero-order valence-electron chi connectivity index (χ0n) is 16.8. The van der Waals surface area contributed by atoms with Crippen LogP contribution in [0.15, 0.2) is 35.7 Å². The fraction of sp³-hybridized carbons (Fsp3) is 0.368. The molecule has 1 aliphatic rings. The first-order valence-electron chi connectivity index (χ1n) is 9.59. The number of ether oxygens (including phenoxy) is 1. The van der Waals surface area contributed by atoms with Gasteiger partial charge in [-0.2, -0.15) is 0 Å². The van der Waals surface area contributed by atoms with Crippen molar-refractivity contribution >= 4 is 57.7 Å². The molecule has 2 aromatic heterocycles. The Kier molecular flexibility index (Phi) is 7.11. The molecule has 3 heterocycles. The van der Waals surface area contributed by atoms with Gasteiger partial charge in [0, 0.05) is 10.1 Å². The van der Waals surface area contributed by atoms with Crippen LogP contribution in [0, 0.1) is 3.57 Å². The number of carbonyl (C=O) groups is 1. The van der Waals surface area contributed by atoms with Crippen LogP contribution in [0.2, 0.25) is 0 Å². The van der Waals surface area contributed by atoms with Crippen LogP contribution in [0.5, 0.6) is 0 Å². The van der Waals surface area contributed by atoms with E-state index in [4.69, 9.17) is 4.74 Å². The smallest absolute Gasteiger partial charge is 0.209 e. The SMILES string of the molecule is CSc1nc(NCc2cccc(I)c2)c2ncn([C@H]3O[C@H](C(O)NC=O)[C@@H](O)[C@H]3O)c2n1. The summed E-state index contributed by atoms with van der Waals surface area (Å²) in [5.74, 6) is 0.518. The largest absolute Gasteiger partial charge is 0.387 e. The summed E-state index contributed by atoms with van der Waals surface area (Å²) in [7, 11) is 0. The van der Waals surface area contributed by atoms with Crippen molar-refractivity contribution in [1.82, 2.24) is 24.8 Å². The molecule has 0 aliphatic carbocycles. The summed E-state index contributed by atoms with van der Waals surface area (Å²) >= 11 is 3.60. The van der Waals surface area contributed by atoms with Gasteiger partial charge in [0.05, 0.1) is 6.33 Å². The highest BCUT2D eigenvalue weighted by Crippen LogP contribution is 2.34. The van der Waals surface area contributed by atoms with Crippen molar-refractivity contribution in [1.29, 1.82) is 0 Å². The van der Waals surface area contributed by atoms with Gasteiger partial charge >= 0.3 is 0 Å². The fourth-order valence-electron chi connectivity index (χ4n) is 3.47. The molecule has 32 heavy (non-hydrogen) atoms.